The van der Waals surface area contributed by atoms with Crippen molar-refractivity contribution in [3.05, 3.63) is 12.2 Å². The summed E-state index contributed by atoms with van der Waals surface area (Å²) in [5.74, 6) is -1.13. The van der Waals surface area contributed by atoms with Gasteiger partial charge in [0.05, 0.1) is 0 Å². The van der Waals surface area contributed by atoms with Crippen LogP contribution in [0.5, 0.6) is 0 Å². The lowest BCUT2D eigenvalue weighted by Gasteiger charge is -2.02. The smallest absolute Gasteiger partial charge is 0.340 e. The van der Waals surface area contributed by atoms with E-state index in [-0.39, 0.29) is 12.0 Å². The predicted molar refractivity (Wildman–Crippen MR) is 68.9 cm³/mol. The summed E-state index contributed by atoms with van der Waals surface area (Å²) in [4.78, 5) is 32.3. The Morgan fingerprint density at radius 3 is 2.17 bits per heavy atom. The highest BCUT2D eigenvalue weighted by Gasteiger charge is 2.10. The van der Waals surface area contributed by atoms with Gasteiger partial charge in [0.15, 0.2) is 0 Å². The number of esters is 2. The lowest BCUT2D eigenvalue weighted by molar-refractivity contribution is -0.156. The lowest BCUT2D eigenvalue weighted by Crippen LogP contribution is -2.12. The molecule has 0 aliphatic heterocycles. The van der Waals surface area contributed by atoms with Crippen LogP contribution in [0.3, 0.4) is 0 Å². The van der Waals surface area contributed by atoms with Crippen molar-refractivity contribution >= 4 is 18.2 Å². The molecule has 0 amide bonds. The van der Waals surface area contributed by atoms with Gasteiger partial charge in [0.25, 0.3) is 0 Å². The van der Waals surface area contributed by atoms with Gasteiger partial charge in [-0.2, -0.15) is 0 Å². The Morgan fingerprint density at radius 1 is 1.06 bits per heavy atom. The van der Waals surface area contributed by atoms with Crippen LogP contribution in [-0.2, 0) is 19.1 Å². The molecule has 0 unspecified atom stereocenters. The molecule has 0 saturated carbocycles. The Labute approximate surface area is 108 Å². The molecule has 0 rings (SSSR count). The van der Waals surface area contributed by atoms with Crippen LogP contribution in [0.2, 0.25) is 0 Å². The fourth-order valence-corrected chi connectivity index (χ4v) is 1.45. The molecule has 0 spiro atoms. The van der Waals surface area contributed by atoms with Gasteiger partial charge in [0.2, 0.25) is 0 Å². The molecule has 0 aromatic rings. The molecule has 4 heteroatoms. The van der Waals surface area contributed by atoms with Gasteiger partial charge in [-0.15, -0.1) is 0 Å². The number of carbonyl (C=O) groups excluding carboxylic acids is 3. The molecule has 0 radical (unpaired) electrons. The monoisotopic (exact) mass is 254 g/mol. The van der Waals surface area contributed by atoms with Crippen molar-refractivity contribution in [3.63, 3.8) is 0 Å². The zero-order valence-electron chi connectivity index (χ0n) is 11.1. The van der Waals surface area contributed by atoms with Crippen LogP contribution in [0, 0.1) is 0 Å². The average Bonchev–Trinajstić information content (AvgIpc) is 2.32. The highest BCUT2D eigenvalue weighted by atomic mass is 16.6. The van der Waals surface area contributed by atoms with Gasteiger partial charge >= 0.3 is 11.9 Å². The van der Waals surface area contributed by atoms with Crippen molar-refractivity contribution in [2.45, 2.75) is 58.3 Å². The van der Waals surface area contributed by atoms with Crippen molar-refractivity contribution in [2.24, 2.45) is 0 Å². The third-order valence-electron chi connectivity index (χ3n) is 2.51. The molecule has 4 nitrogen and oxygen atoms in total. The first-order chi connectivity index (χ1) is 8.57. The molecule has 0 heterocycles. The fraction of sp³-hybridized carbons (Fsp3) is 0.643. The molecule has 0 N–H and O–H groups in total. The minimum Gasteiger partial charge on any atom is -0.390 e. The Balaban J connectivity index is 3.38. The molecule has 18 heavy (non-hydrogen) atoms. The van der Waals surface area contributed by atoms with Gasteiger partial charge in [0.1, 0.15) is 6.29 Å². The third kappa shape index (κ3) is 9.75. The second-order valence-electron chi connectivity index (χ2n) is 4.37. The molecule has 0 saturated heterocycles. The van der Waals surface area contributed by atoms with Crippen LogP contribution in [0.4, 0.5) is 0 Å². The van der Waals surface area contributed by atoms with E-state index in [9.17, 15) is 14.4 Å². The first kappa shape index (κ1) is 16.6. The van der Waals surface area contributed by atoms with Crippen LogP contribution in [0.15, 0.2) is 12.2 Å². The summed E-state index contributed by atoms with van der Waals surface area (Å²) in [6, 6.07) is 0. The Kier molecular flexibility index (Phi) is 9.83. The second-order valence-corrected chi connectivity index (χ2v) is 4.37. The lowest BCUT2D eigenvalue weighted by atomic mass is 10.1. The maximum atomic E-state index is 11.2. The minimum atomic E-state index is -0.645. The molecule has 0 aliphatic rings. The summed E-state index contributed by atoms with van der Waals surface area (Å²) >= 11 is 0. The number of carbonyl (C=O) groups is 3. The van der Waals surface area contributed by atoms with Crippen LogP contribution in [0.1, 0.15) is 58.3 Å². The summed E-state index contributed by atoms with van der Waals surface area (Å²) in [6.45, 7) is 4.91. The molecule has 0 aromatic heterocycles. The molecule has 0 aliphatic carbocycles. The number of ether oxygens (including phenoxy) is 1. The normalized spacial score (nSPS) is 9.83. The van der Waals surface area contributed by atoms with E-state index < -0.39 is 11.9 Å². The summed E-state index contributed by atoms with van der Waals surface area (Å²) in [7, 11) is 0. The van der Waals surface area contributed by atoms with Crippen LogP contribution >= 0.6 is 0 Å². The molecule has 0 aromatic carbocycles. The number of aldehydes is 1. The molecule has 0 bridgehead atoms. The van der Waals surface area contributed by atoms with Crippen molar-refractivity contribution in [3.8, 4) is 0 Å². The minimum absolute atomic E-state index is 0.235. The molecular weight excluding hydrogens is 232 g/mol. The van der Waals surface area contributed by atoms with Crippen molar-refractivity contribution in [2.75, 3.05) is 0 Å². The molecule has 102 valence electrons. The Bertz CT molecular complexity index is 294. The van der Waals surface area contributed by atoms with E-state index >= 15 is 0 Å². The van der Waals surface area contributed by atoms with Crippen molar-refractivity contribution < 1.29 is 19.1 Å². The Hall–Kier alpha value is -1.45. The largest absolute Gasteiger partial charge is 0.390 e. The van der Waals surface area contributed by atoms with E-state index in [1.165, 1.54) is 6.92 Å². The SMILES string of the molecule is C=C(C)C(=O)OC(=O)CCCCCCCCC=O. The third-order valence-corrected chi connectivity index (χ3v) is 2.51. The molecule has 0 atom stereocenters. The number of unbranched alkanes of at least 4 members (excludes halogenated alkanes) is 6. The van der Waals surface area contributed by atoms with Crippen molar-refractivity contribution in [1.82, 2.24) is 0 Å². The van der Waals surface area contributed by atoms with Gasteiger partial charge in [-0.3, -0.25) is 4.79 Å². The maximum absolute atomic E-state index is 11.2. The van der Waals surface area contributed by atoms with Gasteiger partial charge in [0, 0.05) is 18.4 Å². The van der Waals surface area contributed by atoms with Crippen molar-refractivity contribution in [1.29, 1.82) is 0 Å². The van der Waals surface area contributed by atoms with Gasteiger partial charge < -0.3 is 9.53 Å². The first-order valence-corrected chi connectivity index (χ1v) is 6.42. The van der Waals surface area contributed by atoms with Gasteiger partial charge in [-0.1, -0.05) is 32.3 Å². The van der Waals surface area contributed by atoms with Gasteiger partial charge in [-0.05, 0) is 19.8 Å². The second kappa shape index (κ2) is 10.7. The van der Waals surface area contributed by atoms with Crippen LogP contribution < -0.4 is 0 Å². The zero-order valence-corrected chi connectivity index (χ0v) is 11.1. The highest BCUT2D eigenvalue weighted by molar-refractivity contribution is 5.95. The van der Waals surface area contributed by atoms with E-state index in [4.69, 9.17) is 0 Å². The summed E-state index contributed by atoms with van der Waals surface area (Å²) < 4.78 is 4.56. The number of hydrogen-bond acceptors (Lipinski definition) is 4. The number of rotatable bonds is 10. The van der Waals surface area contributed by atoms with E-state index in [0.717, 1.165) is 44.8 Å². The van der Waals surface area contributed by atoms with E-state index in [1.807, 2.05) is 0 Å². The molecule has 0 fully saturated rings. The first-order valence-electron chi connectivity index (χ1n) is 6.42. The summed E-state index contributed by atoms with van der Waals surface area (Å²) in [6.07, 6.45) is 7.63. The molecular formula is C14H22O4. The Morgan fingerprint density at radius 2 is 1.61 bits per heavy atom. The number of hydrogen-bond donors (Lipinski definition) is 0. The fourth-order valence-electron chi connectivity index (χ4n) is 1.45. The average molecular weight is 254 g/mol. The van der Waals surface area contributed by atoms with E-state index in [1.54, 1.807) is 0 Å². The standard InChI is InChI=1S/C14H22O4/c1-12(2)14(17)18-13(16)10-8-6-4-3-5-7-9-11-15/h11H,1,3-10H2,2H3. The maximum Gasteiger partial charge on any atom is 0.340 e. The van der Waals surface area contributed by atoms with Crippen LogP contribution in [-0.4, -0.2) is 18.2 Å². The highest BCUT2D eigenvalue weighted by Crippen LogP contribution is 2.08. The van der Waals surface area contributed by atoms with E-state index in [2.05, 4.69) is 11.3 Å². The topological polar surface area (TPSA) is 60.4 Å². The summed E-state index contributed by atoms with van der Waals surface area (Å²) in [5.41, 5.74) is 0.235. The quantitative estimate of drug-likeness (QED) is 0.198. The zero-order chi connectivity index (χ0) is 13.8. The van der Waals surface area contributed by atoms with Crippen LogP contribution in [0.25, 0.3) is 0 Å². The predicted octanol–water partition coefficient (Wildman–Crippen LogP) is 2.95. The van der Waals surface area contributed by atoms with E-state index in [0.29, 0.717) is 6.42 Å². The van der Waals surface area contributed by atoms with Gasteiger partial charge in [-0.25, -0.2) is 4.79 Å². The summed E-state index contributed by atoms with van der Waals surface area (Å²) in [5, 5.41) is 0.